The minimum atomic E-state index is -0.542. The highest BCUT2D eigenvalue weighted by molar-refractivity contribution is 6.35. The van der Waals surface area contributed by atoms with Gasteiger partial charge < -0.3 is 14.5 Å². The predicted molar refractivity (Wildman–Crippen MR) is 111 cm³/mol. The van der Waals surface area contributed by atoms with Crippen LogP contribution in [0.2, 0.25) is 10.0 Å². The lowest BCUT2D eigenvalue weighted by Crippen LogP contribution is -2.48. The highest BCUT2D eigenvalue weighted by atomic mass is 35.5. The number of halogens is 2. The van der Waals surface area contributed by atoms with Gasteiger partial charge in [0.2, 0.25) is 5.91 Å². The molecule has 2 fully saturated rings. The average molecular weight is 427 g/mol. The maximum absolute atomic E-state index is 13.3. The van der Waals surface area contributed by atoms with E-state index >= 15 is 0 Å². The number of likely N-dealkylation sites (tertiary alicyclic amines) is 1. The summed E-state index contributed by atoms with van der Waals surface area (Å²) < 4.78 is 5.48. The molecule has 1 aromatic rings. The van der Waals surface area contributed by atoms with E-state index in [1.165, 1.54) is 0 Å². The molecular formula is C21H28Cl2N2O3. The van der Waals surface area contributed by atoms with Crippen molar-refractivity contribution in [2.24, 2.45) is 5.92 Å². The van der Waals surface area contributed by atoms with Gasteiger partial charge in [-0.2, -0.15) is 0 Å². The SMILES string of the molecule is CC(C)(C)OC(=O)N1CCC[C@@H](C(=O)N(Cc2ccc(Cl)cc2Cl)C2CC2)C1. The highest BCUT2D eigenvalue weighted by Gasteiger charge is 2.38. The molecule has 0 spiro atoms. The van der Waals surface area contributed by atoms with Crippen LogP contribution in [0.25, 0.3) is 0 Å². The second kappa shape index (κ2) is 8.50. The summed E-state index contributed by atoms with van der Waals surface area (Å²) in [6.45, 7) is 7.06. The molecule has 0 N–H and O–H groups in total. The molecule has 1 aliphatic carbocycles. The number of hydrogen-bond donors (Lipinski definition) is 0. The van der Waals surface area contributed by atoms with E-state index in [0.717, 1.165) is 31.2 Å². The molecule has 154 valence electrons. The Hall–Kier alpha value is -1.46. The first-order valence-corrected chi connectivity index (χ1v) is 10.6. The predicted octanol–water partition coefficient (Wildman–Crippen LogP) is 5.13. The zero-order valence-corrected chi connectivity index (χ0v) is 18.2. The monoisotopic (exact) mass is 426 g/mol. The van der Waals surface area contributed by atoms with Crippen molar-refractivity contribution in [3.8, 4) is 0 Å². The van der Waals surface area contributed by atoms with Gasteiger partial charge in [-0.05, 0) is 64.2 Å². The molecule has 1 atom stereocenters. The van der Waals surface area contributed by atoms with Crippen LogP contribution in [0.3, 0.4) is 0 Å². The van der Waals surface area contributed by atoms with Crippen LogP contribution in [-0.4, -0.2) is 46.5 Å². The van der Waals surface area contributed by atoms with Gasteiger partial charge in [0.05, 0.1) is 5.92 Å². The van der Waals surface area contributed by atoms with E-state index in [1.807, 2.05) is 31.7 Å². The van der Waals surface area contributed by atoms with Gasteiger partial charge in [-0.1, -0.05) is 29.3 Å². The number of piperidine rings is 1. The van der Waals surface area contributed by atoms with Gasteiger partial charge in [-0.15, -0.1) is 0 Å². The van der Waals surface area contributed by atoms with Crippen LogP contribution in [0.15, 0.2) is 18.2 Å². The molecule has 0 bridgehead atoms. The third kappa shape index (κ3) is 5.54. The molecule has 1 aliphatic heterocycles. The lowest BCUT2D eigenvalue weighted by atomic mass is 9.96. The lowest BCUT2D eigenvalue weighted by Gasteiger charge is -2.36. The topological polar surface area (TPSA) is 49.9 Å². The Balaban J connectivity index is 1.68. The summed E-state index contributed by atoms with van der Waals surface area (Å²) in [7, 11) is 0. The minimum Gasteiger partial charge on any atom is -0.444 e. The van der Waals surface area contributed by atoms with Gasteiger partial charge in [-0.25, -0.2) is 4.79 Å². The van der Waals surface area contributed by atoms with Crippen molar-refractivity contribution >= 4 is 35.2 Å². The third-order valence-corrected chi connectivity index (χ3v) is 5.64. The Morgan fingerprint density at radius 1 is 1.21 bits per heavy atom. The minimum absolute atomic E-state index is 0.0989. The number of nitrogens with zero attached hydrogens (tertiary/aromatic N) is 2. The summed E-state index contributed by atoms with van der Waals surface area (Å²) >= 11 is 12.3. The van der Waals surface area contributed by atoms with E-state index in [9.17, 15) is 9.59 Å². The second-order valence-electron chi connectivity index (χ2n) is 8.70. The quantitative estimate of drug-likeness (QED) is 0.669. The molecule has 0 aromatic heterocycles. The number of ether oxygens (including phenoxy) is 1. The van der Waals surface area contributed by atoms with Gasteiger partial charge in [0.1, 0.15) is 5.60 Å². The maximum atomic E-state index is 13.3. The molecule has 1 heterocycles. The molecule has 1 saturated heterocycles. The molecule has 2 aliphatic rings. The molecule has 0 unspecified atom stereocenters. The third-order valence-electron chi connectivity index (χ3n) is 5.05. The summed E-state index contributed by atoms with van der Waals surface area (Å²) in [6.07, 6.45) is 3.27. The van der Waals surface area contributed by atoms with Crippen LogP contribution in [0.1, 0.15) is 52.0 Å². The molecule has 3 rings (SSSR count). The van der Waals surface area contributed by atoms with Crippen molar-refractivity contribution in [1.29, 1.82) is 0 Å². The number of hydrogen-bond acceptors (Lipinski definition) is 3. The number of benzene rings is 1. The molecule has 5 nitrogen and oxygen atoms in total. The molecule has 2 amide bonds. The van der Waals surface area contributed by atoms with Gasteiger partial charge in [0.15, 0.2) is 0 Å². The van der Waals surface area contributed by atoms with Gasteiger partial charge in [0, 0.05) is 35.7 Å². The first-order chi connectivity index (χ1) is 13.1. The van der Waals surface area contributed by atoms with Crippen molar-refractivity contribution in [3.05, 3.63) is 33.8 Å². The van der Waals surface area contributed by atoms with Crippen LogP contribution in [0, 0.1) is 5.92 Å². The Morgan fingerprint density at radius 2 is 1.93 bits per heavy atom. The fourth-order valence-electron chi connectivity index (χ4n) is 3.51. The normalized spacial score (nSPS) is 20.0. The number of carbonyl (C=O) groups excluding carboxylic acids is 2. The van der Waals surface area contributed by atoms with Crippen LogP contribution >= 0.6 is 23.2 Å². The van der Waals surface area contributed by atoms with E-state index in [0.29, 0.717) is 29.7 Å². The number of rotatable bonds is 4. The average Bonchev–Trinajstić information content (AvgIpc) is 3.44. The van der Waals surface area contributed by atoms with E-state index < -0.39 is 5.60 Å². The number of amides is 2. The first-order valence-electron chi connectivity index (χ1n) is 9.86. The molecule has 1 aromatic carbocycles. The van der Waals surface area contributed by atoms with E-state index in [1.54, 1.807) is 17.0 Å². The maximum Gasteiger partial charge on any atom is 0.410 e. The summed E-state index contributed by atoms with van der Waals surface area (Å²) in [5.41, 5.74) is 0.352. The summed E-state index contributed by atoms with van der Waals surface area (Å²) in [5, 5.41) is 1.16. The molecule has 7 heteroatoms. The van der Waals surface area contributed by atoms with Crippen LogP contribution < -0.4 is 0 Å². The lowest BCUT2D eigenvalue weighted by molar-refractivity contribution is -0.138. The zero-order valence-electron chi connectivity index (χ0n) is 16.7. The van der Waals surface area contributed by atoms with Crippen LogP contribution in [0.5, 0.6) is 0 Å². The molecule has 28 heavy (non-hydrogen) atoms. The molecular weight excluding hydrogens is 399 g/mol. The summed E-state index contributed by atoms with van der Waals surface area (Å²) in [4.78, 5) is 29.3. The van der Waals surface area contributed by atoms with Crippen molar-refractivity contribution in [3.63, 3.8) is 0 Å². The van der Waals surface area contributed by atoms with Crippen molar-refractivity contribution < 1.29 is 14.3 Å². The fraction of sp³-hybridized carbons (Fsp3) is 0.619. The van der Waals surface area contributed by atoms with E-state index in [4.69, 9.17) is 27.9 Å². The Bertz CT molecular complexity index is 744. The van der Waals surface area contributed by atoms with Gasteiger partial charge >= 0.3 is 6.09 Å². The van der Waals surface area contributed by atoms with Crippen molar-refractivity contribution in [1.82, 2.24) is 9.80 Å². The zero-order chi connectivity index (χ0) is 20.5. The highest BCUT2D eigenvalue weighted by Crippen LogP contribution is 2.33. The van der Waals surface area contributed by atoms with E-state index in [2.05, 4.69) is 0 Å². The van der Waals surface area contributed by atoms with Crippen molar-refractivity contribution in [2.75, 3.05) is 13.1 Å². The van der Waals surface area contributed by atoms with Gasteiger partial charge in [-0.3, -0.25) is 4.79 Å². The molecule has 0 radical (unpaired) electrons. The van der Waals surface area contributed by atoms with Crippen LogP contribution in [0.4, 0.5) is 4.79 Å². The van der Waals surface area contributed by atoms with Crippen LogP contribution in [-0.2, 0) is 16.1 Å². The van der Waals surface area contributed by atoms with Crippen molar-refractivity contribution in [2.45, 2.75) is 64.6 Å². The standard InChI is InChI=1S/C21H28Cl2N2O3/c1-21(2,3)28-20(27)24-10-4-5-15(12-24)19(26)25(17-8-9-17)13-14-6-7-16(22)11-18(14)23/h6-7,11,15,17H,4-5,8-10,12-13H2,1-3H3/t15-/m1/s1. The van der Waals surface area contributed by atoms with Gasteiger partial charge in [0.25, 0.3) is 0 Å². The first kappa shape index (κ1) is 21.3. The summed E-state index contributed by atoms with van der Waals surface area (Å²) in [5.74, 6) is -0.102. The fourth-order valence-corrected chi connectivity index (χ4v) is 3.98. The Morgan fingerprint density at radius 3 is 2.54 bits per heavy atom. The Labute approximate surface area is 176 Å². The smallest absolute Gasteiger partial charge is 0.410 e. The second-order valence-corrected chi connectivity index (χ2v) is 9.54. The summed E-state index contributed by atoms with van der Waals surface area (Å²) in [6, 6.07) is 5.64. The molecule has 1 saturated carbocycles. The largest absolute Gasteiger partial charge is 0.444 e. The Kier molecular flexibility index (Phi) is 6.45. The van der Waals surface area contributed by atoms with E-state index in [-0.39, 0.29) is 24.0 Å². The number of carbonyl (C=O) groups is 2.